The first-order chi connectivity index (χ1) is 15.3. The van der Waals surface area contributed by atoms with Crippen molar-refractivity contribution in [2.45, 2.75) is 32.8 Å². The molecule has 0 unspecified atom stereocenters. The number of carbonyl (C=O) groups is 2. The standard InChI is InChI=1S/C22H25F2N5O3/c1-14-11-20(26-15(2)25-14)32-17-5-7-27(8-6-17)21(30)13-28-9-10-29(22(28)31)16-3-4-18(23)19(24)12-16/h3-4,11-12,17H,5-10,13H2,1-2H3. The Bertz CT molecular complexity index is 1010. The van der Waals surface area contributed by atoms with Crippen LogP contribution in [0.4, 0.5) is 19.3 Å². The summed E-state index contributed by atoms with van der Waals surface area (Å²) >= 11 is 0. The fourth-order valence-corrected chi connectivity index (χ4v) is 4.02. The lowest BCUT2D eigenvalue weighted by Gasteiger charge is -2.33. The van der Waals surface area contributed by atoms with Gasteiger partial charge in [-0.05, 0) is 26.0 Å². The lowest BCUT2D eigenvalue weighted by molar-refractivity contribution is -0.133. The Balaban J connectivity index is 1.28. The van der Waals surface area contributed by atoms with Gasteiger partial charge in [0.25, 0.3) is 0 Å². The minimum absolute atomic E-state index is 0.0370. The molecule has 2 saturated heterocycles. The van der Waals surface area contributed by atoms with Crippen LogP contribution in [0.25, 0.3) is 0 Å². The number of aromatic nitrogens is 2. The van der Waals surface area contributed by atoms with Gasteiger partial charge in [0.05, 0.1) is 0 Å². The number of rotatable bonds is 5. The number of urea groups is 1. The van der Waals surface area contributed by atoms with Crippen LogP contribution in [0.15, 0.2) is 24.3 Å². The van der Waals surface area contributed by atoms with E-state index in [0.29, 0.717) is 50.7 Å². The SMILES string of the molecule is Cc1cc(OC2CCN(C(=O)CN3CCN(c4ccc(F)c(F)c4)C3=O)CC2)nc(C)n1. The van der Waals surface area contributed by atoms with E-state index in [1.165, 1.54) is 15.9 Å². The Morgan fingerprint density at radius 2 is 1.81 bits per heavy atom. The molecule has 10 heteroatoms. The molecular weight excluding hydrogens is 420 g/mol. The van der Waals surface area contributed by atoms with E-state index in [4.69, 9.17) is 4.74 Å². The molecule has 8 nitrogen and oxygen atoms in total. The smallest absolute Gasteiger partial charge is 0.325 e. The summed E-state index contributed by atoms with van der Waals surface area (Å²) in [5.41, 5.74) is 1.12. The second-order valence-electron chi connectivity index (χ2n) is 8.05. The van der Waals surface area contributed by atoms with Crippen molar-refractivity contribution in [1.29, 1.82) is 0 Å². The highest BCUT2D eigenvalue weighted by atomic mass is 19.2. The molecule has 2 aromatic rings. The van der Waals surface area contributed by atoms with E-state index in [2.05, 4.69) is 9.97 Å². The van der Waals surface area contributed by atoms with Gasteiger partial charge >= 0.3 is 6.03 Å². The normalized spacial score (nSPS) is 17.2. The Morgan fingerprint density at radius 3 is 2.50 bits per heavy atom. The minimum atomic E-state index is -1.01. The number of halogens is 2. The zero-order chi connectivity index (χ0) is 22.8. The Labute approximate surface area is 184 Å². The van der Waals surface area contributed by atoms with Gasteiger partial charge in [-0.2, -0.15) is 4.98 Å². The van der Waals surface area contributed by atoms with Crippen LogP contribution >= 0.6 is 0 Å². The van der Waals surface area contributed by atoms with Crippen LogP contribution in [0.5, 0.6) is 5.88 Å². The molecule has 3 heterocycles. The van der Waals surface area contributed by atoms with Crippen LogP contribution in [0.3, 0.4) is 0 Å². The molecule has 1 aromatic carbocycles. The Kier molecular flexibility index (Phi) is 6.20. The lowest BCUT2D eigenvalue weighted by Crippen LogP contribution is -2.47. The fraction of sp³-hybridized carbons (Fsp3) is 0.455. The van der Waals surface area contributed by atoms with E-state index in [9.17, 15) is 18.4 Å². The first-order valence-corrected chi connectivity index (χ1v) is 10.6. The van der Waals surface area contributed by atoms with Gasteiger partial charge in [-0.15, -0.1) is 0 Å². The summed E-state index contributed by atoms with van der Waals surface area (Å²) in [5, 5.41) is 0. The van der Waals surface area contributed by atoms with Crippen LogP contribution < -0.4 is 9.64 Å². The van der Waals surface area contributed by atoms with Gasteiger partial charge in [-0.3, -0.25) is 9.69 Å². The number of nitrogens with zero attached hydrogens (tertiary/aromatic N) is 5. The monoisotopic (exact) mass is 445 g/mol. The zero-order valence-electron chi connectivity index (χ0n) is 18.1. The number of hydrogen-bond donors (Lipinski definition) is 0. The minimum Gasteiger partial charge on any atom is -0.474 e. The van der Waals surface area contributed by atoms with Crippen LogP contribution in [0.1, 0.15) is 24.4 Å². The highest BCUT2D eigenvalue weighted by Crippen LogP contribution is 2.23. The van der Waals surface area contributed by atoms with E-state index in [0.717, 1.165) is 17.8 Å². The molecule has 32 heavy (non-hydrogen) atoms. The third-order valence-corrected chi connectivity index (χ3v) is 5.66. The molecule has 0 spiro atoms. The quantitative estimate of drug-likeness (QED) is 0.707. The fourth-order valence-electron chi connectivity index (χ4n) is 4.02. The van der Waals surface area contributed by atoms with E-state index in [1.807, 2.05) is 13.8 Å². The molecule has 2 fully saturated rings. The number of carbonyl (C=O) groups excluding carboxylic acids is 2. The highest BCUT2D eigenvalue weighted by Gasteiger charge is 2.33. The lowest BCUT2D eigenvalue weighted by atomic mass is 10.1. The zero-order valence-corrected chi connectivity index (χ0v) is 18.1. The van der Waals surface area contributed by atoms with Gasteiger partial charge in [0.15, 0.2) is 11.6 Å². The largest absolute Gasteiger partial charge is 0.474 e. The molecule has 0 bridgehead atoms. The summed E-state index contributed by atoms with van der Waals surface area (Å²) in [4.78, 5) is 38.4. The molecule has 2 aliphatic heterocycles. The van der Waals surface area contributed by atoms with Crippen molar-refractivity contribution < 1.29 is 23.1 Å². The summed E-state index contributed by atoms with van der Waals surface area (Å²) in [6, 6.07) is 4.73. The third kappa shape index (κ3) is 4.79. The second-order valence-corrected chi connectivity index (χ2v) is 8.05. The van der Waals surface area contributed by atoms with Gasteiger partial charge in [-0.25, -0.2) is 18.6 Å². The van der Waals surface area contributed by atoms with Gasteiger partial charge in [0, 0.05) is 62.5 Å². The maximum atomic E-state index is 13.5. The van der Waals surface area contributed by atoms with Gasteiger partial charge in [0.1, 0.15) is 18.5 Å². The summed E-state index contributed by atoms with van der Waals surface area (Å²) in [6.45, 7) is 5.36. The van der Waals surface area contributed by atoms with Crippen LogP contribution in [-0.2, 0) is 4.79 Å². The Hall–Kier alpha value is -3.30. The van der Waals surface area contributed by atoms with Crippen molar-refractivity contribution in [3.05, 3.63) is 47.4 Å². The highest BCUT2D eigenvalue weighted by molar-refractivity contribution is 5.96. The molecule has 0 saturated carbocycles. The molecule has 170 valence electrons. The van der Waals surface area contributed by atoms with Crippen molar-refractivity contribution in [1.82, 2.24) is 19.8 Å². The van der Waals surface area contributed by atoms with Crippen molar-refractivity contribution in [3.63, 3.8) is 0 Å². The predicted molar refractivity (Wildman–Crippen MR) is 112 cm³/mol. The molecule has 0 atom stereocenters. The van der Waals surface area contributed by atoms with E-state index in [1.54, 1.807) is 11.0 Å². The molecule has 1 aromatic heterocycles. The van der Waals surface area contributed by atoms with Crippen LogP contribution in [-0.4, -0.2) is 70.5 Å². The Morgan fingerprint density at radius 1 is 1.06 bits per heavy atom. The summed E-state index contributed by atoms with van der Waals surface area (Å²) in [7, 11) is 0. The van der Waals surface area contributed by atoms with Gasteiger partial charge in [-0.1, -0.05) is 0 Å². The summed E-state index contributed by atoms with van der Waals surface area (Å²) in [5.74, 6) is -0.926. The molecule has 0 radical (unpaired) electrons. The number of ether oxygens (including phenoxy) is 1. The van der Waals surface area contributed by atoms with Crippen molar-refractivity contribution >= 4 is 17.6 Å². The van der Waals surface area contributed by atoms with Crippen LogP contribution in [0.2, 0.25) is 0 Å². The third-order valence-electron chi connectivity index (χ3n) is 5.66. The molecular formula is C22H25F2N5O3. The number of amides is 3. The number of anilines is 1. The molecule has 0 aliphatic carbocycles. The second kappa shape index (κ2) is 9.05. The number of benzene rings is 1. The number of hydrogen-bond acceptors (Lipinski definition) is 5. The maximum Gasteiger partial charge on any atom is 0.325 e. The first-order valence-electron chi connectivity index (χ1n) is 10.6. The van der Waals surface area contributed by atoms with Crippen LogP contribution in [0, 0.1) is 25.5 Å². The number of piperidine rings is 1. The first kappa shape index (κ1) is 21.9. The van der Waals surface area contributed by atoms with Crippen molar-refractivity contribution in [2.24, 2.45) is 0 Å². The molecule has 0 N–H and O–H groups in total. The summed E-state index contributed by atoms with van der Waals surface area (Å²) in [6.07, 6.45) is 1.30. The molecule has 3 amide bonds. The molecule has 4 rings (SSSR count). The predicted octanol–water partition coefficient (Wildman–Crippen LogP) is 2.68. The van der Waals surface area contributed by atoms with Crippen molar-refractivity contribution in [3.8, 4) is 5.88 Å². The van der Waals surface area contributed by atoms with E-state index < -0.39 is 17.7 Å². The van der Waals surface area contributed by atoms with Crippen molar-refractivity contribution in [2.75, 3.05) is 37.6 Å². The average Bonchev–Trinajstić information content (AvgIpc) is 3.10. The van der Waals surface area contributed by atoms with E-state index >= 15 is 0 Å². The van der Waals surface area contributed by atoms with E-state index in [-0.39, 0.29) is 24.2 Å². The molecule has 2 aliphatic rings. The topological polar surface area (TPSA) is 78.9 Å². The number of likely N-dealkylation sites (tertiary alicyclic amines) is 1. The average molecular weight is 445 g/mol. The van der Waals surface area contributed by atoms with Gasteiger partial charge in [0.2, 0.25) is 11.8 Å². The number of aryl methyl sites for hydroxylation is 2. The van der Waals surface area contributed by atoms with Gasteiger partial charge < -0.3 is 14.5 Å². The summed E-state index contributed by atoms with van der Waals surface area (Å²) < 4.78 is 32.6. The maximum absolute atomic E-state index is 13.5.